The molecule has 0 aliphatic carbocycles. The highest BCUT2D eigenvalue weighted by Gasteiger charge is 2.32. The van der Waals surface area contributed by atoms with Gasteiger partial charge in [-0.25, -0.2) is 13.2 Å². The summed E-state index contributed by atoms with van der Waals surface area (Å²) >= 11 is 6.24. The number of carbonyl (C=O) groups is 2. The standard InChI is InChI=1S/C29H22ClNO5S/c30-25-15-14-24(18-28(25)37(34,35)31-17-16-22-8-4-5-9-26(22)31)29(33)36-19-27(32)23-12-10-21(11-13-23)20-6-2-1-3-7-20/h1-15,18H,16-17,19H2. The van der Waals surface area contributed by atoms with E-state index >= 15 is 0 Å². The zero-order valence-corrected chi connectivity index (χ0v) is 21.2. The molecule has 4 aromatic carbocycles. The second-order valence-corrected chi connectivity index (χ2v) is 10.8. The van der Waals surface area contributed by atoms with Crippen molar-refractivity contribution in [3.63, 3.8) is 0 Å². The van der Waals surface area contributed by atoms with Crippen LogP contribution < -0.4 is 4.31 Å². The van der Waals surface area contributed by atoms with Gasteiger partial charge >= 0.3 is 5.97 Å². The number of para-hydroxylation sites is 1. The highest BCUT2D eigenvalue weighted by molar-refractivity contribution is 7.93. The topological polar surface area (TPSA) is 80.8 Å². The first-order chi connectivity index (χ1) is 17.8. The van der Waals surface area contributed by atoms with Crippen LogP contribution in [0, 0.1) is 0 Å². The summed E-state index contributed by atoms with van der Waals surface area (Å²) in [6.45, 7) is -0.196. The van der Waals surface area contributed by atoms with Gasteiger partial charge in [-0.1, -0.05) is 84.4 Å². The van der Waals surface area contributed by atoms with Crippen LogP contribution in [0.15, 0.2) is 102 Å². The normalized spacial score (nSPS) is 12.7. The maximum absolute atomic E-state index is 13.4. The van der Waals surface area contributed by atoms with Crippen molar-refractivity contribution in [2.45, 2.75) is 11.3 Å². The summed E-state index contributed by atoms with van der Waals surface area (Å²) in [5.41, 5.74) is 3.90. The molecule has 1 aliphatic heterocycles. The van der Waals surface area contributed by atoms with E-state index in [2.05, 4.69) is 0 Å². The number of nitrogens with zero attached hydrogens (tertiary/aromatic N) is 1. The summed E-state index contributed by atoms with van der Waals surface area (Å²) < 4.78 is 33.3. The molecule has 0 bridgehead atoms. The van der Waals surface area contributed by atoms with Gasteiger partial charge in [0.15, 0.2) is 12.4 Å². The first kappa shape index (κ1) is 24.7. The number of Topliss-reactive ketones (excluding diaryl/α,β-unsaturated/α-hetero) is 1. The van der Waals surface area contributed by atoms with Crippen molar-refractivity contribution in [1.29, 1.82) is 0 Å². The lowest BCUT2D eigenvalue weighted by Gasteiger charge is -2.20. The Morgan fingerprint density at radius 1 is 0.811 bits per heavy atom. The number of hydrogen-bond acceptors (Lipinski definition) is 5. The summed E-state index contributed by atoms with van der Waals surface area (Å²) in [5, 5.41) is -0.00415. The van der Waals surface area contributed by atoms with Gasteiger partial charge in [0.1, 0.15) is 4.90 Å². The molecule has 6 nitrogen and oxygen atoms in total. The van der Waals surface area contributed by atoms with Crippen LogP contribution >= 0.6 is 11.6 Å². The number of hydrogen-bond donors (Lipinski definition) is 0. The van der Waals surface area contributed by atoms with E-state index in [1.807, 2.05) is 54.6 Å². The number of rotatable bonds is 7. The minimum absolute atomic E-state index is 0.00415. The Morgan fingerprint density at radius 3 is 2.22 bits per heavy atom. The van der Waals surface area contributed by atoms with E-state index < -0.39 is 22.6 Å². The van der Waals surface area contributed by atoms with Gasteiger partial charge in [0.25, 0.3) is 10.0 Å². The Labute approximate surface area is 220 Å². The third kappa shape index (κ3) is 5.01. The number of ether oxygens (including phenoxy) is 1. The Morgan fingerprint density at radius 2 is 1.46 bits per heavy atom. The van der Waals surface area contributed by atoms with Crippen molar-refractivity contribution in [3.05, 3.63) is 119 Å². The summed E-state index contributed by atoms with van der Waals surface area (Å²) in [5.74, 6) is -1.19. The smallest absolute Gasteiger partial charge is 0.338 e. The minimum Gasteiger partial charge on any atom is -0.454 e. The molecule has 0 radical (unpaired) electrons. The van der Waals surface area contributed by atoms with Crippen molar-refractivity contribution < 1.29 is 22.7 Å². The van der Waals surface area contributed by atoms with Crippen molar-refractivity contribution in [2.24, 2.45) is 0 Å². The van der Waals surface area contributed by atoms with Gasteiger partial charge in [-0.3, -0.25) is 9.10 Å². The molecule has 1 heterocycles. The van der Waals surface area contributed by atoms with Crippen LogP contribution in [0.2, 0.25) is 5.02 Å². The van der Waals surface area contributed by atoms with E-state index in [1.54, 1.807) is 24.3 Å². The second-order valence-electron chi connectivity index (χ2n) is 8.54. The molecule has 37 heavy (non-hydrogen) atoms. The van der Waals surface area contributed by atoms with Crippen molar-refractivity contribution in [1.82, 2.24) is 0 Å². The Balaban J connectivity index is 1.29. The van der Waals surface area contributed by atoms with Gasteiger partial charge < -0.3 is 4.74 Å². The number of benzene rings is 4. The van der Waals surface area contributed by atoms with E-state index in [1.165, 1.54) is 22.5 Å². The van der Waals surface area contributed by atoms with Gasteiger partial charge in [-0.2, -0.15) is 0 Å². The fraction of sp³-hybridized carbons (Fsp3) is 0.103. The molecule has 8 heteroatoms. The highest BCUT2D eigenvalue weighted by atomic mass is 35.5. The fourth-order valence-electron chi connectivity index (χ4n) is 4.28. The summed E-state index contributed by atoms with van der Waals surface area (Å²) in [7, 11) is -4.01. The molecule has 5 rings (SSSR count). The largest absolute Gasteiger partial charge is 0.454 e. The van der Waals surface area contributed by atoms with Gasteiger partial charge in [-0.05, 0) is 47.4 Å². The number of sulfonamides is 1. The molecule has 186 valence electrons. The third-order valence-electron chi connectivity index (χ3n) is 6.23. The van der Waals surface area contributed by atoms with Crippen molar-refractivity contribution >= 4 is 39.1 Å². The van der Waals surface area contributed by atoms with Crippen LogP contribution in [0.1, 0.15) is 26.3 Å². The number of esters is 1. The molecule has 0 aromatic heterocycles. The average molecular weight is 532 g/mol. The summed E-state index contributed by atoms with van der Waals surface area (Å²) in [6.07, 6.45) is 0.587. The van der Waals surface area contributed by atoms with E-state index in [0.29, 0.717) is 17.7 Å². The van der Waals surface area contributed by atoms with E-state index in [9.17, 15) is 18.0 Å². The highest BCUT2D eigenvalue weighted by Crippen LogP contribution is 2.35. The molecule has 0 unspecified atom stereocenters. The lowest BCUT2D eigenvalue weighted by atomic mass is 10.0. The zero-order chi connectivity index (χ0) is 26.0. The van der Waals surface area contributed by atoms with Crippen LogP contribution in [-0.2, 0) is 21.2 Å². The number of halogens is 1. The SMILES string of the molecule is O=C(COC(=O)c1ccc(Cl)c(S(=O)(=O)N2CCc3ccccc32)c1)c1ccc(-c2ccccc2)cc1. The van der Waals surface area contributed by atoms with Crippen LogP contribution in [0.4, 0.5) is 5.69 Å². The van der Waals surface area contributed by atoms with Gasteiger partial charge in [0, 0.05) is 12.1 Å². The molecule has 1 aliphatic rings. The second kappa shape index (κ2) is 10.2. The summed E-state index contributed by atoms with van der Waals surface area (Å²) in [4.78, 5) is 25.1. The maximum Gasteiger partial charge on any atom is 0.338 e. The van der Waals surface area contributed by atoms with Gasteiger partial charge in [0.05, 0.1) is 16.3 Å². The minimum atomic E-state index is -4.01. The maximum atomic E-state index is 13.4. The number of anilines is 1. The zero-order valence-electron chi connectivity index (χ0n) is 19.6. The van der Waals surface area contributed by atoms with Crippen LogP contribution in [0.5, 0.6) is 0 Å². The van der Waals surface area contributed by atoms with Crippen LogP contribution in [0.25, 0.3) is 11.1 Å². The Bertz CT molecular complexity index is 1580. The molecule has 0 N–H and O–H groups in total. The molecule has 0 spiro atoms. The third-order valence-corrected chi connectivity index (χ3v) is 8.52. The Hall–Kier alpha value is -3.94. The molecule has 0 saturated heterocycles. The van der Waals surface area contributed by atoms with Crippen LogP contribution in [0.3, 0.4) is 0 Å². The molecule has 0 atom stereocenters. The molecule has 0 saturated carbocycles. The quantitative estimate of drug-likeness (QED) is 0.222. The number of ketones is 1. The molecule has 4 aromatic rings. The van der Waals surface area contributed by atoms with Gasteiger partial charge in [-0.15, -0.1) is 0 Å². The molecular weight excluding hydrogens is 510 g/mol. The first-order valence-corrected chi connectivity index (χ1v) is 13.4. The van der Waals surface area contributed by atoms with Crippen molar-refractivity contribution in [3.8, 4) is 11.1 Å². The summed E-state index contributed by atoms with van der Waals surface area (Å²) in [6, 6.07) is 27.9. The number of carbonyl (C=O) groups excluding carboxylic acids is 2. The molecular formula is C29H22ClNO5S. The Kier molecular flexibility index (Phi) is 6.82. The van der Waals surface area contributed by atoms with E-state index in [0.717, 1.165) is 16.7 Å². The van der Waals surface area contributed by atoms with E-state index in [-0.39, 0.29) is 27.8 Å². The lowest BCUT2D eigenvalue weighted by Crippen LogP contribution is -2.29. The van der Waals surface area contributed by atoms with Gasteiger partial charge in [0.2, 0.25) is 0 Å². The average Bonchev–Trinajstić information content (AvgIpc) is 3.37. The van der Waals surface area contributed by atoms with E-state index in [4.69, 9.17) is 16.3 Å². The van der Waals surface area contributed by atoms with Crippen molar-refractivity contribution in [2.75, 3.05) is 17.5 Å². The molecule has 0 amide bonds. The number of fused-ring (bicyclic) bond motifs is 1. The lowest BCUT2D eigenvalue weighted by molar-refractivity contribution is 0.0474. The molecule has 0 fully saturated rings. The monoisotopic (exact) mass is 531 g/mol. The predicted molar refractivity (Wildman–Crippen MR) is 143 cm³/mol. The van der Waals surface area contributed by atoms with Crippen LogP contribution in [-0.4, -0.2) is 33.3 Å². The predicted octanol–water partition coefficient (Wildman–Crippen LogP) is 5.80. The first-order valence-electron chi connectivity index (χ1n) is 11.6. The fourth-order valence-corrected chi connectivity index (χ4v) is 6.29.